The topological polar surface area (TPSA) is 122 Å². The largest absolute Gasteiger partial charge is 1.00 e. The number of unbranched alkanes of at least 4 members (excludes halogenated alkanes) is 22. The van der Waals surface area contributed by atoms with E-state index in [2.05, 4.69) is 42.7 Å². The maximum absolute atomic E-state index is 12.3. The molecule has 0 bridgehead atoms. The third-order valence-corrected chi connectivity index (χ3v) is 8.94. The third-order valence-electron chi connectivity index (χ3n) is 8.47. The summed E-state index contributed by atoms with van der Waals surface area (Å²) in [5.41, 5.74) is 0. The van der Waals surface area contributed by atoms with Crippen LogP contribution in [0.15, 0.2) is 24.3 Å². The van der Waals surface area contributed by atoms with E-state index in [-0.39, 0.29) is 49.0 Å². The van der Waals surface area contributed by atoms with Crippen LogP contribution in [-0.2, 0) is 28.2 Å². The maximum atomic E-state index is 12.3. The molecule has 0 fully saturated rings. The van der Waals surface area contributed by atoms with Crippen LogP contribution in [0.3, 0.4) is 0 Å². The zero-order valence-electron chi connectivity index (χ0n) is 31.9. The summed E-state index contributed by atoms with van der Waals surface area (Å²) in [6.07, 6.45) is 38.7. The number of esters is 2. The summed E-state index contributed by atoms with van der Waals surface area (Å²) < 4.78 is 26.0. The van der Waals surface area contributed by atoms with Gasteiger partial charge in [0.25, 0.3) is 7.82 Å². The summed E-state index contributed by atoms with van der Waals surface area (Å²) in [6, 6.07) is 0. The van der Waals surface area contributed by atoms with Gasteiger partial charge in [-0.2, -0.15) is 0 Å². The molecule has 0 aliphatic rings. The van der Waals surface area contributed by atoms with Crippen LogP contribution in [0.5, 0.6) is 0 Å². The third kappa shape index (κ3) is 41.8. The second-order valence-electron chi connectivity index (χ2n) is 13.2. The van der Waals surface area contributed by atoms with E-state index in [0.29, 0.717) is 6.42 Å². The Bertz CT molecular complexity index is 845. The molecule has 0 aliphatic carbocycles. The van der Waals surface area contributed by atoms with Crippen molar-refractivity contribution in [3.05, 3.63) is 24.3 Å². The van der Waals surface area contributed by atoms with Gasteiger partial charge in [-0.1, -0.05) is 160 Å². The monoisotopic (exact) mass is 722 g/mol. The number of hydrogen-bond acceptors (Lipinski definition) is 7. The summed E-state index contributed by atoms with van der Waals surface area (Å²) in [5, 5.41) is 0. The van der Waals surface area contributed by atoms with E-state index in [9.17, 15) is 19.0 Å². The Morgan fingerprint density at radius 3 is 1.45 bits per heavy atom. The van der Waals surface area contributed by atoms with Crippen molar-refractivity contribution in [3.8, 4) is 0 Å². The number of phosphoric acid groups is 1. The standard InChI is InChI=1S/C39H73O8P.Na/c1-3-5-7-9-11-13-15-17-19-21-23-25-27-29-31-33-38(40)45-35-37(36-46-48(42,43)44)47-39(41)34-32-30-28-26-24-22-20-18-16-14-12-10-8-6-4-2;/h12,14,18,20,37H,3-11,13,15-17,19,21-36H2,1-2H3,(H2,42,43,44);/q;+1/p-1/t37-;/m1./s1. The van der Waals surface area contributed by atoms with Gasteiger partial charge in [-0.05, 0) is 44.9 Å². The van der Waals surface area contributed by atoms with E-state index in [0.717, 1.165) is 57.8 Å². The van der Waals surface area contributed by atoms with Gasteiger partial charge in [-0.15, -0.1) is 0 Å². The average Bonchev–Trinajstić information content (AvgIpc) is 3.05. The first-order valence-electron chi connectivity index (χ1n) is 19.6. The second kappa shape index (κ2) is 38.8. The zero-order valence-corrected chi connectivity index (χ0v) is 34.7. The molecule has 282 valence electrons. The molecular weight excluding hydrogens is 650 g/mol. The average molecular weight is 723 g/mol. The van der Waals surface area contributed by atoms with Crippen LogP contribution in [0, 0.1) is 0 Å². The second-order valence-corrected chi connectivity index (χ2v) is 14.4. The zero-order chi connectivity index (χ0) is 35.4. The van der Waals surface area contributed by atoms with E-state index in [4.69, 9.17) is 14.4 Å². The van der Waals surface area contributed by atoms with Crippen LogP contribution in [0.4, 0.5) is 0 Å². The molecule has 0 spiro atoms. The molecule has 0 aromatic carbocycles. The number of phosphoric ester groups is 1. The van der Waals surface area contributed by atoms with Gasteiger partial charge in [0.2, 0.25) is 0 Å². The van der Waals surface area contributed by atoms with Crippen LogP contribution >= 0.6 is 7.82 Å². The molecule has 2 atom stereocenters. The fraction of sp³-hybridized carbons (Fsp3) is 0.846. The summed E-state index contributed by atoms with van der Waals surface area (Å²) in [4.78, 5) is 44.6. The van der Waals surface area contributed by atoms with Crippen molar-refractivity contribution in [2.24, 2.45) is 0 Å². The quantitative estimate of drug-likeness (QED) is 0.0227. The number of rotatable bonds is 36. The molecule has 0 aromatic rings. The molecule has 0 radical (unpaired) electrons. The first-order chi connectivity index (χ1) is 23.3. The van der Waals surface area contributed by atoms with Crippen molar-refractivity contribution in [3.63, 3.8) is 0 Å². The Morgan fingerprint density at radius 2 is 0.980 bits per heavy atom. The molecule has 0 amide bonds. The SMILES string of the molecule is CCCCCC=CCC=CCCCCCCCC(=O)O[C@H](COC(=O)CCCCCCCCCCCCCCCCC)COP(=O)([O-])O.[Na+]. The van der Waals surface area contributed by atoms with Crippen molar-refractivity contribution in [1.82, 2.24) is 0 Å². The predicted molar refractivity (Wildman–Crippen MR) is 196 cm³/mol. The molecule has 0 heterocycles. The van der Waals surface area contributed by atoms with Gasteiger partial charge in [0.15, 0.2) is 6.10 Å². The minimum Gasteiger partial charge on any atom is -0.756 e. The van der Waals surface area contributed by atoms with Gasteiger partial charge in [0.05, 0.1) is 6.61 Å². The number of carbonyl (C=O) groups is 2. The molecule has 0 saturated carbocycles. The molecule has 8 nitrogen and oxygen atoms in total. The van der Waals surface area contributed by atoms with Gasteiger partial charge in [-0.25, -0.2) is 0 Å². The Morgan fingerprint density at radius 1 is 0.592 bits per heavy atom. The van der Waals surface area contributed by atoms with E-state index in [1.54, 1.807) is 0 Å². The fourth-order valence-corrected chi connectivity index (χ4v) is 5.87. The Kier molecular flexibility index (Phi) is 40.0. The Balaban J connectivity index is 0. The van der Waals surface area contributed by atoms with Crippen LogP contribution in [0.1, 0.15) is 194 Å². The minimum absolute atomic E-state index is 0. The summed E-state index contributed by atoms with van der Waals surface area (Å²) in [5.74, 6) is -0.930. The Hall–Kier alpha value is -0.470. The maximum Gasteiger partial charge on any atom is 1.00 e. The molecular formula is C39H72NaO8P. The van der Waals surface area contributed by atoms with Crippen molar-refractivity contribution >= 4 is 19.8 Å². The van der Waals surface area contributed by atoms with E-state index in [1.807, 2.05) is 0 Å². The Labute approximate surface area is 322 Å². The van der Waals surface area contributed by atoms with E-state index >= 15 is 0 Å². The molecule has 0 aliphatic heterocycles. The van der Waals surface area contributed by atoms with Crippen LogP contribution in [0.25, 0.3) is 0 Å². The predicted octanol–water partition coefficient (Wildman–Crippen LogP) is 8.00. The fourth-order valence-electron chi connectivity index (χ4n) is 5.52. The molecule has 0 saturated heterocycles. The first kappa shape index (κ1) is 50.6. The van der Waals surface area contributed by atoms with Crippen molar-refractivity contribution in [2.45, 2.75) is 200 Å². The van der Waals surface area contributed by atoms with Crippen molar-refractivity contribution in [1.29, 1.82) is 0 Å². The van der Waals surface area contributed by atoms with E-state index in [1.165, 1.54) is 103 Å². The molecule has 0 aromatic heterocycles. The molecule has 0 rings (SSSR count). The number of hydrogen-bond donors (Lipinski definition) is 1. The number of allylic oxidation sites excluding steroid dienone is 4. The van der Waals surface area contributed by atoms with Crippen LogP contribution in [-0.4, -0.2) is 36.1 Å². The molecule has 49 heavy (non-hydrogen) atoms. The molecule has 1 N–H and O–H groups in total. The minimum atomic E-state index is -5.00. The molecule has 1 unspecified atom stereocenters. The van der Waals surface area contributed by atoms with Gasteiger partial charge in [-0.3, -0.25) is 14.2 Å². The smallest absolute Gasteiger partial charge is 0.756 e. The summed E-state index contributed by atoms with van der Waals surface area (Å²) in [7, 11) is -5.00. The first-order valence-corrected chi connectivity index (χ1v) is 21.1. The molecule has 10 heteroatoms. The number of ether oxygens (including phenoxy) is 2. The van der Waals surface area contributed by atoms with Crippen LogP contribution < -0.4 is 34.5 Å². The van der Waals surface area contributed by atoms with Crippen molar-refractivity contribution in [2.75, 3.05) is 13.2 Å². The van der Waals surface area contributed by atoms with Gasteiger partial charge < -0.3 is 23.8 Å². The van der Waals surface area contributed by atoms with Gasteiger partial charge in [0, 0.05) is 12.8 Å². The number of carbonyl (C=O) groups excluding carboxylic acids is 2. The summed E-state index contributed by atoms with van der Waals surface area (Å²) >= 11 is 0. The van der Waals surface area contributed by atoms with Crippen LogP contribution in [0.2, 0.25) is 0 Å². The van der Waals surface area contributed by atoms with Gasteiger partial charge >= 0.3 is 41.5 Å². The summed E-state index contributed by atoms with van der Waals surface area (Å²) in [6.45, 7) is 3.56. The van der Waals surface area contributed by atoms with E-state index < -0.39 is 32.5 Å². The normalized spacial score (nSPS) is 13.4. The van der Waals surface area contributed by atoms with Gasteiger partial charge in [0.1, 0.15) is 6.61 Å². The van der Waals surface area contributed by atoms with Crippen molar-refractivity contribution < 1.29 is 67.5 Å².